The Morgan fingerprint density at radius 3 is 1.80 bits per heavy atom. The molecule has 0 heterocycles. The number of carboxylic acids is 1. The number of hydrogen-bond donors (Lipinski definition) is 6. The first-order chi connectivity index (χ1) is 31.5. The Bertz CT molecular complexity index is 2440. The van der Waals surface area contributed by atoms with Crippen LogP contribution in [-0.2, 0) is 62.6 Å². The average molecular weight is 886 g/mol. The standard InChI is InChI=1S/C48H47N5O12/c54-42(49-25-44(56)53-41(46(58)59)22-31-9-2-1-3-10-31)23-50-47(60)64-26-32-17-19-34(20-18-32)35-12-8-11-33(21-35)27-63-45(57)29-62-30-52-43(55)24-51-48(61)65-28-40-38-15-6-4-13-36(38)37-14-5-7-16-39(37)40/h1-21,40-41H,22-30H2,(H,49,54)(H,50,60)(H,51,61)(H,52,55)(H,53,56)(H,58,59). The van der Waals surface area contributed by atoms with Gasteiger partial charge in [-0.2, -0.15) is 0 Å². The minimum Gasteiger partial charge on any atom is -0.480 e. The van der Waals surface area contributed by atoms with Gasteiger partial charge in [0.2, 0.25) is 17.7 Å². The van der Waals surface area contributed by atoms with Crippen LogP contribution < -0.4 is 26.6 Å². The highest BCUT2D eigenvalue weighted by Crippen LogP contribution is 2.44. The van der Waals surface area contributed by atoms with Crippen molar-refractivity contribution in [3.8, 4) is 22.3 Å². The highest BCUT2D eigenvalue weighted by molar-refractivity contribution is 5.89. The zero-order valence-electron chi connectivity index (χ0n) is 35.1. The molecule has 0 fully saturated rings. The predicted octanol–water partition coefficient (Wildman–Crippen LogP) is 4.18. The molecular weight excluding hydrogens is 839 g/mol. The summed E-state index contributed by atoms with van der Waals surface area (Å²) >= 11 is 0. The molecule has 1 aliphatic rings. The van der Waals surface area contributed by atoms with Gasteiger partial charge >= 0.3 is 24.1 Å². The molecule has 0 bridgehead atoms. The first kappa shape index (κ1) is 46.5. The highest BCUT2D eigenvalue weighted by Gasteiger charge is 2.29. The predicted molar refractivity (Wildman–Crippen MR) is 235 cm³/mol. The minimum absolute atomic E-state index is 0.0291. The van der Waals surface area contributed by atoms with Gasteiger partial charge in [-0.25, -0.2) is 19.2 Å². The largest absolute Gasteiger partial charge is 0.480 e. The molecule has 0 radical (unpaired) electrons. The van der Waals surface area contributed by atoms with Gasteiger partial charge in [-0.15, -0.1) is 0 Å². The fourth-order valence-corrected chi connectivity index (χ4v) is 6.86. The molecule has 0 spiro atoms. The van der Waals surface area contributed by atoms with E-state index in [0.717, 1.165) is 38.9 Å². The lowest BCUT2D eigenvalue weighted by atomic mass is 9.98. The van der Waals surface area contributed by atoms with E-state index in [-0.39, 0.29) is 45.4 Å². The van der Waals surface area contributed by atoms with Crippen molar-refractivity contribution in [2.75, 3.05) is 39.6 Å². The third-order valence-corrected chi connectivity index (χ3v) is 10.1. The van der Waals surface area contributed by atoms with E-state index in [1.54, 1.807) is 48.5 Å². The zero-order valence-corrected chi connectivity index (χ0v) is 35.1. The molecule has 1 unspecified atom stereocenters. The zero-order chi connectivity index (χ0) is 46.0. The third-order valence-electron chi connectivity index (χ3n) is 10.1. The number of carboxylic acid groups (broad SMARTS) is 1. The smallest absolute Gasteiger partial charge is 0.407 e. The number of ether oxygens (including phenoxy) is 4. The van der Waals surface area contributed by atoms with Gasteiger partial charge in [-0.1, -0.05) is 121 Å². The number of aliphatic carboxylic acids is 1. The van der Waals surface area contributed by atoms with Crippen LogP contribution in [0.2, 0.25) is 0 Å². The van der Waals surface area contributed by atoms with Crippen molar-refractivity contribution in [2.45, 2.75) is 31.6 Å². The monoisotopic (exact) mass is 885 g/mol. The molecule has 65 heavy (non-hydrogen) atoms. The molecule has 336 valence electrons. The number of rotatable bonds is 21. The topological polar surface area (TPSA) is 237 Å². The molecule has 0 saturated heterocycles. The van der Waals surface area contributed by atoms with E-state index in [2.05, 4.69) is 26.6 Å². The molecule has 0 aliphatic heterocycles. The fourth-order valence-electron chi connectivity index (χ4n) is 6.86. The van der Waals surface area contributed by atoms with E-state index < -0.39 is 67.6 Å². The summed E-state index contributed by atoms with van der Waals surface area (Å²) in [6.45, 7) is -2.01. The van der Waals surface area contributed by atoms with Gasteiger partial charge < -0.3 is 50.6 Å². The number of alkyl carbamates (subject to hydrolysis) is 2. The number of amides is 5. The van der Waals surface area contributed by atoms with E-state index in [4.69, 9.17) is 18.9 Å². The molecule has 0 saturated carbocycles. The van der Waals surface area contributed by atoms with Crippen molar-refractivity contribution in [1.82, 2.24) is 26.6 Å². The van der Waals surface area contributed by atoms with Crippen LogP contribution in [0.1, 0.15) is 33.7 Å². The van der Waals surface area contributed by atoms with Crippen molar-refractivity contribution in [2.24, 2.45) is 0 Å². The van der Waals surface area contributed by atoms with E-state index in [9.17, 15) is 38.7 Å². The molecule has 17 heteroatoms. The van der Waals surface area contributed by atoms with Gasteiger partial charge in [0.15, 0.2) is 0 Å². The first-order valence-corrected chi connectivity index (χ1v) is 20.5. The van der Waals surface area contributed by atoms with Gasteiger partial charge in [0, 0.05) is 12.3 Å². The van der Waals surface area contributed by atoms with E-state index in [0.29, 0.717) is 11.1 Å². The number of carbonyl (C=O) groups excluding carboxylic acids is 6. The van der Waals surface area contributed by atoms with Crippen LogP contribution in [0.4, 0.5) is 9.59 Å². The quantitative estimate of drug-likeness (QED) is 0.0264. The molecule has 6 N–H and O–H groups in total. The summed E-state index contributed by atoms with van der Waals surface area (Å²) in [7, 11) is 0. The Morgan fingerprint density at radius 2 is 1.12 bits per heavy atom. The Labute approximate surface area is 373 Å². The van der Waals surface area contributed by atoms with Crippen molar-refractivity contribution in [1.29, 1.82) is 0 Å². The minimum atomic E-state index is -1.22. The maximum Gasteiger partial charge on any atom is 0.407 e. The molecule has 5 aromatic carbocycles. The van der Waals surface area contributed by atoms with Crippen LogP contribution in [0.15, 0.2) is 127 Å². The summed E-state index contributed by atoms with van der Waals surface area (Å²) in [5.41, 5.74) is 8.14. The van der Waals surface area contributed by atoms with E-state index in [1.807, 2.05) is 78.9 Å². The summed E-state index contributed by atoms with van der Waals surface area (Å²) in [6, 6.07) is 38.0. The van der Waals surface area contributed by atoms with Gasteiger partial charge in [0.05, 0.1) is 6.54 Å². The van der Waals surface area contributed by atoms with Gasteiger partial charge in [0.25, 0.3) is 0 Å². The van der Waals surface area contributed by atoms with Gasteiger partial charge in [0.1, 0.15) is 52.3 Å². The normalized spacial score (nSPS) is 11.8. The maximum absolute atomic E-state index is 12.4. The molecule has 1 aliphatic carbocycles. The van der Waals surface area contributed by atoms with Crippen LogP contribution in [-0.4, -0.2) is 92.6 Å². The first-order valence-electron chi connectivity index (χ1n) is 20.5. The second kappa shape index (κ2) is 23.4. The van der Waals surface area contributed by atoms with Crippen molar-refractivity contribution in [3.63, 3.8) is 0 Å². The van der Waals surface area contributed by atoms with Gasteiger partial charge in [-0.05, 0) is 56.1 Å². The highest BCUT2D eigenvalue weighted by atomic mass is 16.6. The van der Waals surface area contributed by atoms with E-state index >= 15 is 0 Å². The van der Waals surface area contributed by atoms with Crippen LogP contribution in [0.5, 0.6) is 0 Å². The van der Waals surface area contributed by atoms with Crippen LogP contribution in [0.3, 0.4) is 0 Å². The molecule has 5 amide bonds. The third kappa shape index (κ3) is 14.2. The van der Waals surface area contributed by atoms with Crippen molar-refractivity contribution >= 4 is 41.8 Å². The van der Waals surface area contributed by atoms with Crippen LogP contribution >= 0.6 is 0 Å². The average Bonchev–Trinajstić information content (AvgIpc) is 3.65. The van der Waals surface area contributed by atoms with Crippen molar-refractivity contribution in [3.05, 3.63) is 155 Å². The summed E-state index contributed by atoms with van der Waals surface area (Å²) in [4.78, 5) is 85.1. The molecule has 6 rings (SSSR count). The number of benzene rings is 5. The molecule has 0 aromatic heterocycles. The summed E-state index contributed by atoms with van der Waals surface area (Å²) in [5, 5.41) is 21.3. The second-order valence-electron chi connectivity index (χ2n) is 14.7. The maximum atomic E-state index is 12.4. The molecule has 1 atom stereocenters. The number of nitrogens with one attached hydrogen (secondary N) is 5. The summed E-state index contributed by atoms with van der Waals surface area (Å²) in [6.07, 6.45) is -1.53. The number of hydrogen-bond acceptors (Lipinski definition) is 11. The van der Waals surface area contributed by atoms with Gasteiger partial charge in [-0.3, -0.25) is 14.4 Å². The summed E-state index contributed by atoms with van der Waals surface area (Å²) in [5.74, 6) is -3.89. The number of fused-ring (bicyclic) bond motifs is 3. The number of carbonyl (C=O) groups is 7. The molecule has 5 aromatic rings. The van der Waals surface area contributed by atoms with Crippen molar-refractivity contribution < 1.29 is 57.6 Å². The van der Waals surface area contributed by atoms with Crippen LogP contribution in [0, 0.1) is 0 Å². The molecular formula is C48H47N5O12. The lowest BCUT2D eigenvalue weighted by Crippen LogP contribution is -2.47. The number of esters is 1. The fraction of sp³-hybridized carbons (Fsp3) is 0.229. The van der Waals surface area contributed by atoms with Crippen LogP contribution in [0.25, 0.3) is 22.3 Å². The molecule has 17 nitrogen and oxygen atoms in total. The Morgan fingerprint density at radius 1 is 0.538 bits per heavy atom. The summed E-state index contributed by atoms with van der Waals surface area (Å²) < 4.78 is 21.2. The Kier molecular flexibility index (Phi) is 16.7. The van der Waals surface area contributed by atoms with E-state index in [1.165, 1.54) is 0 Å². The lowest BCUT2D eigenvalue weighted by Gasteiger charge is -2.15. The Balaban J connectivity index is 0.812. The SMILES string of the molecule is O=C(CNC(=O)OCc1ccc(-c2cccc(COC(=O)COCNC(=O)CNC(=O)OCC3c4ccccc4-c4ccccc43)c2)cc1)NCC(=O)NC(Cc1ccccc1)C(=O)O. The second-order valence-corrected chi connectivity index (χ2v) is 14.7. The lowest BCUT2D eigenvalue weighted by molar-refractivity contribution is -0.151. The Hall–Kier alpha value is -8.05.